The number of rotatable bonds is 6. The average Bonchev–Trinajstić information content (AvgIpc) is 3.30. The van der Waals surface area contributed by atoms with E-state index in [2.05, 4.69) is 15.0 Å². The Morgan fingerprint density at radius 2 is 1.97 bits per heavy atom. The molecule has 1 amide bonds. The second-order valence-corrected chi connectivity index (χ2v) is 9.52. The lowest BCUT2D eigenvalue weighted by Gasteiger charge is -2.38. The Morgan fingerprint density at radius 3 is 2.70 bits per heavy atom. The average molecular weight is 523 g/mol. The lowest BCUT2D eigenvalue weighted by atomic mass is 10.0. The number of ether oxygens (including phenoxy) is 2. The van der Waals surface area contributed by atoms with Gasteiger partial charge in [0.2, 0.25) is 18.2 Å². The zero-order chi connectivity index (χ0) is 26.2. The van der Waals surface area contributed by atoms with E-state index in [9.17, 15) is 23.1 Å². The van der Waals surface area contributed by atoms with E-state index in [1.54, 1.807) is 9.80 Å². The van der Waals surface area contributed by atoms with Crippen molar-refractivity contribution in [2.45, 2.75) is 56.8 Å². The van der Waals surface area contributed by atoms with Gasteiger partial charge in [-0.2, -0.15) is 13.2 Å². The number of piperidine rings is 1. The van der Waals surface area contributed by atoms with Gasteiger partial charge in [0, 0.05) is 26.1 Å². The van der Waals surface area contributed by atoms with Crippen LogP contribution in [0.3, 0.4) is 0 Å². The maximum atomic E-state index is 13.6. The molecule has 1 N–H and O–H groups in total. The normalized spacial score (nSPS) is 24.6. The van der Waals surface area contributed by atoms with E-state index in [1.807, 2.05) is 4.90 Å². The van der Waals surface area contributed by atoms with Crippen LogP contribution in [0.15, 0.2) is 18.6 Å². The molecule has 5 rings (SSSR count). The molecule has 37 heavy (non-hydrogen) atoms. The molecule has 3 unspecified atom stereocenters. The number of alkyl halides is 3. The first-order chi connectivity index (χ1) is 17.8. The molecule has 0 saturated carbocycles. The quantitative estimate of drug-likeness (QED) is 0.570. The summed E-state index contributed by atoms with van der Waals surface area (Å²) < 4.78 is 51.9. The van der Waals surface area contributed by atoms with Gasteiger partial charge >= 0.3 is 6.18 Å². The summed E-state index contributed by atoms with van der Waals surface area (Å²) in [5, 5.41) is 10.6. The zero-order valence-corrected chi connectivity index (χ0v) is 20.4. The molecule has 5 heterocycles. The van der Waals surface area contributed by atoms with Gasteiger partial charge in [0.15, 0.2) is 0 Å². The van der Waals surface area contributed by atoms with Crippen LogP contribution in [-0.2, 0) is 23.9 Å². The number of hydrogen-bond donors (Lipinski definition) is 1. The molecule has 2 aromatic heterocycles. The second kappa shape index (κ2) is 10.3. The molecule has 3 atom stereocenters. The van der Waals surface area contributed by atoms with Crippen molar-refractivity contribution in [3.05, 3.63) is 35.4 Å². The summed E-state index contributed by atoms with van der Waals surface area (Å²) in [5.41, 5.74) is 0.803. The maximum Gasteiger partial charge on any atom is 0.421 e. The minimum Gasteiger partial charge on any atom is -0.481 e. The number of carbonyl (C=O) groups is 1. The van der Waals surface area contributed by atoms with Crippen LogP contribution in [-0.4, -0.2) is 87.9 Å². The monoisotopic (exact) mass is 522 g/mol. The molecule has 2 saturated heterocycles. The predicted octanol–water partition coefficient (Wildman–Crippen LogP) is 1.85. The van der Waals surface area contributed by atoms with Crippen molar-refractivity contribution in [3.8, 4) is 11.8 Å². The summed E-state index contributed by atoms with van der Waals surface area (Å²) in [7, 11) is 1.15. The number of aromatic nitrogens is 3. The van der Waals surface area contributed by atoms with Gasteiger partial charge in [-0.15, -0.1) is 0 Å². The van der Waals surface area contributed by atoms with Gasteiger partial charge in [-0.3, -0.25) is 9.69 Å². The number of anilines is 1. The third kappa shape index (κ3) is 5.14. The van der Waals surface area contributed by atoms with Crippen LogP contribution in [0.4, 0.5) is 18.9 Å². The minimum atomic E-state index is -4.61. The van der Waals surface area contributed by atoms with Crippen LogP contribution < -0.4 is 14.4 Å². The SMILES string of the molecule is COc1ncc(N2CCc3ncnc(OC4CN(C=O)CC4N4CCCCC4O)c3C2)cc1C(F)(F)F. The van der Waals surface area contributed by atoms with E-state index in [4.69, 9.17) is 9.47 Å². The summed E-state index contributed by atoms with van der Waals surface area (Å²) in [6.07, 6.45) is 0.961. The molecule has 10 nitrogen and oxygen atoms in total. The molecule has 200 valence electrons. The standard InChI is InChI=1S/C24H29F3N6O4/c1-36-23-17(24(25,26)27)8-15(9-28-23)32-7-5-18-16(10-32)22(30-13-29-18)37-20-12-31(14-34)11-19(20)33-6-3-2-4-21(33)35/h8-9,13-14,19-21,35H,2-7,10-12H2,1H3. The molecule has 0 aliphatic carbocycles. The summed E-state index contributed by atoms with van der Waals surface area (Å²) >= 11 is 0. The van der Waals surface area contributed by atoms with Crippen LogP contribution >= 0.6 is 0 Å². The van der Waals surface area contributed by atoms with Crippen molar-refractivity contribution in [1.82, 2.24) is 24.8 Å². The third-order valence-electron chi connectivity index (χ3n) is 7.28. The van der Waals surface area contributed by atoms with E-state index >= 15 is 0 Å². The Labute approximate surface area is 212 Å². The van der Waals surface area contributed by atoms with Gasteiger partial charge in [0.1, 0.15) is 24.2 Å². The number of pyridine rings is 1. The molecular formula is C24H29F3N6O4. The number of hydrogen-bond acceptors (Lipinski definition) is 9. The smallest absolute Gasteiger partial charge is 0.421 e. The van der Waals surface area contributed by atoms with Gasteiger partial charge < -0.3 is 24.4 Å². The van der Waals surface area contributed by atoms with Crippen molar-refractivity contribution in [2.24, 2.45) is 0 Å². The van der Waals surface area contributed by atoms with Gasteiger partial charge in [0.25, 0.3) is 0 Å². The minimum absolute atomic E-state index is 0.203. The topological polar surface area (TPSA) is 104 Å². The number of methoxy groups -OCH3 is 1. The first kappa shape index (κ1) is 25.5. The van der Waals surface area contributed by atoms with Crippen LogP contribution in [0.2, 0.25) is 0 Å². The lowest BCUT2D eigenvalue weighted by molar-refractivity contribution is -0.139. The Morgan fingerprint density at radius 1 is 1.14 bits per heavy atom. The van der Waals surface area contributed by atoms with E-state index in [0.29, 0.717) is 56.2 Å². The highest BCUT2D eigenvalue weighted by molar-refractivity contribution is 5.53. The highest BCUT2D eigenvalue weighted by atomic mass is 19.4. The Hall–Kier alpha value is -3.19. The van der Waals surface area contributed by atoms with Crippen LogP contribution in [0.5, 0.6) is 11.8 Å². The van der Waals surface area contributed by atoms with Crippen molar-refractivity contribution in [3.63, 3.8) is 0 Å². The van der Waals surface area contributed by atoms with E-state index < -0.39 is 30.0 Å². The Bertz CT molecular complexity index is 1140. The van der Waals surface area contributed by atoms with Gasteiger partial charge in [-0.05, 0) is 25.3 Å². The highest BCUT2D eigenvalue weighted by Gasteiger charge is 2.42. The lowest BCUT2D eigenvalue weighted by Crippen LogP contribution is -2.52. The molecule has 3 aliphatic heterocycles. The molecule has 3 aliphatic rings. The molecule has 0 spiro atoms. The molecule has 0 radical (unpaired) electrons. The largest absolute Gasteiger partial charge is 0.481 e. The zero-order valence-electron chi connectivity index (χ0n) is 20.4. The van der Waals surface area contributed by atoms with Crippen molar-refractivity contribution in [2.75, 3.05) is 38.2 Å². The number of aliphatic hydroxyl groups excluding tert-OH is 1. The summed E-state index contributed by atoms with van der Waals surface area (Å²) in [6.45, 7) is 2.16. The third-order valence-corrected chi connectivity index (χ3v) is 7.28. The number of nitrogens with zero attached hydrogens (tertiary/aromatic N) is 6. The van der Waals surface area contributed by atoms with Gasteiger partial charge in [-0.25, -0.2) is 15.0 Å². The summed E-state index contributed by atoms with van der Waals surface area (Å²) in [6, 6.07) is 0.833. The van der Waals surface area contributed by atoms with Crippen LogP contribution in [0.25, 0.3) is 0 Å². The van der Waals surface area contributed by atoms with Crippen LogP contribution in [0.1, 0.15) is 36.1 Å². The maximum absolute atomic E-state index is 13.6. The molecule has 2 fully saturated rings. The van der Waals surface area contributed by atoms with Crippen molar-refractivity contribution < 1.29 is 32.5 Å². The van der Waals surface area contributed by atoms with E-state index in [1.165, 1.54) is 12.5 Å². The Balaban J connectivity index is 1.40. The summed E-state index contributed by atoms with van der Waals surface area (Å²) in [4.78, 5) is 29.5. The van der Waals surface area contributed by atoms with Crippen molar-refractivity contribution in [1.29, 1.82) is 0 Å². The number of halogens is 3. The van der Waals surface area contributed by atoms with E-state index in [0.717, 1.165) is 38.1 Å². The highest BCUT2D eigenvalue weighted by Crippen LogP contribution is 2.38. The molecule has 0 aromatic carbocycles. The number of aliphatic hydroxyl groups is 1. The second-order valence-electron chi connectivity index (χ2n) is 9.52. The van der Waals surface area contributed by atoms with Gasteiger partial charge in [0.05, 0.1) is 49.4 Å². The van der Waals surface area contributed by atoms with Crippen LogP contribution in [0, 0.1) is 0 Å². The van der Waals surface area contributed by atoms with Gasteiger partial charge in [-0.1, -0.05) is 0 Å². The number of carbonyl (C=O) groups excluding carboxylic acids is 1. The fraction of sp³-hybridized carbons (Fsp3) is 0.583. The molecular weight excluding hydrogens is 493 g/mol. The first-order valence-electron chi connectivity index (χ1n) is 12.3. The number of amides is 1. The number of fused-ring (bicyclic) bond motifs is 1. The Kier molecular flexibility index (Phi) is 7.08. The first-order valence-corrected chi connectivity index (χ1v) is 12.3. The number of likely N-dealkylation sites (tertiary alicyclic amines) is 2. The molecule has 0 bridgehead atoms. The molecule has 2 aromatic rings. The van der Waals surface area contributed by atoms with E-state index in [-0.39, 0.29) is 12.6 Å². The fourth-order valence-electron chi connectivity index (χ4n) is 5.39. The molecule has 13 heteroatoms. The summed E-state index contributed by atoms with van der Waals surface area (Å²) in [5.74, 6) is -0.144. The fourth-order valence-corrected chi connectivity index (χ4v) is 5.39. The van der Waals surface area contributed by atoms with Crippen molar-refractivity contribution >= 4 is 12.1 Å². The predicted molar refractivity (Wildman–Crippen MR) is 125 cm³/mol.